The second kappa shape index (κ2) is 8.22. The van der Waals surface area contributed by atoms with Crippen LogP contribution in [0, 0.1) is 0 Å². The number of pyridine rings is 1. The van der Waals surface area contributed by atoms with Crippen LogP contribution in [0.15, 0.2) is 70.7 Å². The zero-order valence-electron chi connectivity index (χ0n) is 15.2. The molecular formula is C21H18N2O4S. The van der Waals surface area contributed by atoms with Crippen molar-refractivity contribution in [3.05, 3.63) is 66.4 Å². The van der Waals surface area contributed by atoms with Crippen molar-refractivity contribution in [2.45, 2.75) is 9.92 Å². The highest BCUT2D eigenvalue weighted by Gasteiger charge is 2.16. The van der Waals surface area contributed by atoms with Gasteiger partial charge in [0.25, 0.3) is 5.91 Å². The lowest BCUT2D eigenvalue weighted by molar-refractivity contribution is 0.102. The van der Waals surface area contributed by atoms with Crippen molar-refractivity contribution in [3.63, 3.8) is 0 Å². The van der Waals surface area contributed by atoms with Crippen LogP contribution in [-0.4, -0.2) is 31.2 Å². The first-order valence-corrected chi connectivity index (χ1v) is 9.52. The Hall–Kier alpha value is -3.19. The van der Waals surface area contributed by atoms with Gasteiger partial charge in [0, 0.05) is 22.8 Å². The molecule has 2 aromatic carbocycles. The summed E-state index contributed by atoms with van der Waals surface area (Å²) in [5.41, 5.74) is 1.15. The van der Waals surface area contributed by atoms with Crippen LogP contribution in [0.1, 0.15) is 10.4 Å². The Morgan fingerprint density at radius 2 is 1.93 bits per heavy atom. The van der Waals surface area contributed by atoms with E-state index < -0.39 is 0 Å². The molecule has 0 atom stereocenters. The zero-order valence-corrected chi connectivity index (χ0v) is 16.0. The van der Waals surface area contributed by atoms with Crippen molar-refractivity contribution in [1.82, 2.24) is 4.98 Å². The topological polar surface area (TPSA) is 69.7 Å². The number of hydrogen-bond acceptors (Lipinski definition) is 6. The summed E-state index contributed by atoms with van der Waals surface area (Å²) in [6.45, 7) is 1.08. The predicted molar refractivity (Wildman–Crippen MR) is 107 cm³/mol. The smallest absolute Gasteiger partial charge is 0.258 e. The molecule has 2 heterocycles. The van der Waals surface area contributed by atoms with Crippen LogP contribution in [0.2, 0.25) is 0 Å². The van der Waals surface area contributed by atoms with E-state index in [1.54, 1.807) is 31.5 Å². The Morgan fingerprint density at radius 3 is 2.79 bits per heavy atom. The predicted octanol–water partition coefficient (Wildman–Crippen LogP) is 4.26. The van der Waals surface area contributed by atoms with Crippen LogP contribution in [-0.2, 0) is 0 Å². The molecule has 0 aliphatic carbocycles. The molecule has 1 amide bonds. The van der Waals surface area contributed by atoms with Gasteiger partial charge in [-0.1, -0.05) is 17.8 Å². The minimum Gasteiger partial charge on any atom is -0.497 e. The summed E-state index contributed by atoms with van der Waals surface area (Å²) in [6, 6.07) is 16.4. The average molecular weight is 394 g/mol. The van der Waals surface area contributed by atoms with Gasteiger partial charge in [-0.3, -0.25) is 4.79 Å². The molecule has 1 aliphatic heterocycles. The van der Waals surface area contributed by atoms with E-state index >= 15 is 0 Å². The highest BCUT2D eigenvalue weighted by Crippen LogP contribution is 2.37. The molecule has 1 aliphatic rings. The lowest BCUT2D eigenvalue weighted by Gasteiger charge is -2.18. The fraction of sp³-hybridized carbons (Fsp3) is 0.143. The summed E-state index contributed by atoms with van der Waals surface area (Å²) in [4.78, 5) is 18.1. The van der Waals surface area contributed by atoms with Gasteiger partial charge in [-0.25, -0.2) is 4.98 Å². The van der Waals surface area contributed by atoms with Crippen molar-refractivity contribution < 1.29 is 19.0 Å². The van der Waals surface area contributed by atoms with E-state index in [0.717, 1.165) is 10.6 Å². The Labute approximate surface area is 166 Å². The number of hydrogen-bond donors (Lipinski definition) is 1. The van der Waals surface area contributed by atoms with Crippen LogP contribution in [0.5, 0.6) is 17.2 Å². The first-order chi connectivity index (χ1) is 13.7. The first kappa shape index (κ1) is 18.2. The molecule has 3 aromatic rings. The number of carbonyl (C=O) groups excluding carboxylic acids is 1. The van der Waals surface area contributed by atoms with E-state index in [1.165, 1.54) is 11.8 Å². The van der Waals surface area contributed by atoms with E-state index in [2.05, 4.69) is 10.3 Å². The molecule has 28 heavy (non-hydrogen) atoms. The van der Waals surface area contributed by atoms with Crippen molar-refractivity contribution in [1.29, 1.82) is 0 Å². The third-order valence-corrected chi connectivity index (χ3v) is 5.08. The molecule has 0 bridgehead atoms. The highest BCUT2D eigenvalue weighted by molar-refractivity contribution is 7.99. The maximum atomic E-state index is 12.8. The van der Waals surface area contributed by atoms with Crippen LogP contribution in [0.4, 0.5) is 5.69 Å². The number of carbonyl (C=O) groups is 1. The van der Waals surface area contributed by atoms with Crippen molar-refractivity contribution in [2.75, 3.05) is 25.6 Å². The average Bonchev–Trinajstić information content (AvgIpc) is 2.74. The Kier molecular flexibility index (Phi) is 5.34. The number of amides is 1. The molecule has 1 aromatic heterocycles. The van der Waals surface area contributed by atoms with E-state index in [1.807, 2.05) is 36.4 Å². The van der Waals surface area contributed by atoms with Gasteiger partial charge >= 0.3 is 0 Å². The number of nitrogens with one attached hydrogen (secondary N) is 1. The molecule has 0 fully saturated rings. The second-order valence-electron chi connectivity index (χ2n) is 5.95. The van der Waals surface area contributed by atoms with Crippen molar-refractivity contribution >= 4 is 23.4 Å². The number of benzene rings is 2. The van der Waals surface area contributed by atoms with Crippen LogP contribution in [0.25, 0.3) is 0 Å². The Bertz CT molecular complexity index is 1010. The van der Waals surface area contributed by atoms with Gasteiger partial charge < -0.3 is 19.5 Å². The monoisotopic (exact) mass is 394 g/mol. The van der Waals surface area contributed by atoms with Gasteiger partial charge in [0.1, 0.15) is 24.0 Å². The number of methoxy groups -OCH3 is 1. The normalized spacial score (nSPS) is 12.3. The van der Waals surface area contributed by atoms with Gasteiger partial charge in [0.15, 0.2) is 11.5 Å². The van der Waals surface area contributed by atoms with Crippen LogP contribution in [0.3, 0.4) is 0 Å². The molecule has 7 heteroatoms. The van der Waals surface area contributed by atoms with E-state index in [-0.39, 0.29) is 5.91 Å². The molecule has 6 nitrogen and oxygen atoms in total. The lowest BCUT2D eigenvalue weighted by Crippen LogP contribution is -2.15. The van der Waals surface area contributed by atoms with Gasteiger partial charge in [-0.05, 0) is 42.5 Å². The number of rotatable bonds is 5. The number of nitrogens with zero attached hydrogens (tertiary/aromatic N) is 1. The molecule has 0 saturated heterocycles. The van der Waals surface area contributed by atoms with Crippen LogP contribution < -0.4 is 19.5 Å². The fourth-order valence-electron chi connectivity index (χ4n) is 2.74. The maximum absolute atomic E-state index is 12.8. The van der Waals surface area contributed by atoms with E-state index in [4.69, 9.17) is 14.2 Å². The molecule has 4 rings (SSSR count). The van der Waals surface area contributed by atoms with Gasteiger partial charge in [-0.15, -0.1) is 0 Å². The molecule has 0 unspecified atom stereocenters. The maximum Gasteiger partial charge on any atom is 0.258 e. The number of anilines is 1. The number of aromatic nitrogens is 1. The van der Waals surface area contributed by atoms with Gasteiger partial charge in [-0.2, -0.15) is 0 Å². The quantitative estimate of drug-likeness (QED) is 0.697. The largest absolute Gasteiger partial charge is 0.497 e. The molecular weight excluding hydrogens is 376 g/mol. The van der Waals surface area contributed by atoms with Crippen LogP contribution >= 0.6 is 11.8 Å². The summed E-state index contributed by atoms with van der Waals surface area (Å²) >= 11 is 1.40. The second-order valence-corrected chi connectivity index (χ2v) is 7.01. The van der Waals surface area contributed by atoms with Gasteiger partial charge in [0.05, 0.1) is 12.7 Å². The lowest BCUT2D eigenvalue weighted by atomic mass is 10.2. The van der Waals surface area contributed by atoms with E-state index in [9.17, 15) is 4.79 Å². The summed E-state index contributed by atoms with van der Waals surface area (Å²) in [6.07, 6.45) is 1.67. The summed E-state index contributed by atoms with van der Waals surface area (Å²) in [5, 5.41) is 3.50. The zero-order chi connectivity index (χ0) is 19.3. The molecule has 0 saturated carbocycles. The summed E-state index contributed by atoms with van der Waals surface area (Å²) < 4.78 is 16.4. The number of fused-ring (bicyclic) bond motifs is 1. The third kappa shape index (κ3) is 4.04. The minimum absolute atomic E-state index is 0.235. The Morgan fingerprint density at radius 1 is 1.07 bits per heavy atom. The summed E-state index contributed by atoms with van der Waals surface area (Å²) in [7, 11) is 1.59. The first-order valence-electron chi connectivity index (χ1n) is 8.71. The SMILES string of the molecule is COc1cccc(NC(=O)c2cccnc2Sc2ccc3c(c2)OCCO3)c1. The Balaban J connectivity index is 1.55. The molecule has 142 valence electrons. The standard InChI is InChI=1S/C21H18N2O4S/c1-25-15-5-2-4-14(12-15)23-20(24)17-6-3-9-22-21(17)28-16-7-8-18-19(13-16)27-11-10-26-18/h2-9,12-13H,10-11H2,1H3,(H,23,24). The molecule has 0 spiro atoms. The molecule has 0 radical (unpaired) electrons. The minimum atomic E-state index is -0.235. The highest BCUT2D eigenvalue weighted by atomic mass is 32.2. The fourth-order valence-corrected chi connectivity index (χ4v) is 3.65. The van der Waals surface area contributed by atoms with Gasteiger partial charge in [0.2, 0.25) is 0 Å². The third-order valence-electron chi connectivity index (χ3n) is 4.07. The number of ether oxygens (including phenoxy) is 3. The van der Waals surface area contributed by atoms with Crippen molar-refractivity contribution in [2.24, 2.45) is 0 Å². The molecule has 1 N–H and O–H groups in total. The van der Waals surface area contributed by atoms with E-state index in [0.29, 0.717) is 41.0 Å². The van der Waals surface area contributed by atoms with Crippen molar-refractivity contribution in [3.8, 4) is 17.2 Å². The summed E-state index contributed by atoms with van der Waals surface area (Å²) in [5.74, 6) is 1.87.